The van der Waals surface area contributed by atoms with Gasteiger partial charge >= 0.3 is 0 Å². The predicted octanol–water partition coefficient (Wildman–Crippen LogP) is 1.18. The first-order chi connectivity index (χ1) is 9.04. The highest BCUT2D eigenvalue weighted by Gasteiger charge is 2.28. The number of aromatic nitrogens is 2. The summed E-state index contributed by atoms with van der Waals surface area (Å²) in [6.07, 6.45) is 5.47. The largest absolute Gasteiger partial charge is 0.393 e. The standard InChI is InChI=1S/C14H24N4O/c1-10(2)15-6-12-7-16-14(17-8-12)18(3)9-11-4-13(19)5-11/h7-8,10-11,13,15,19H,4-6,9H2,1-3H3. The van der Waals surface area contributed by atoms with Crippen molar-refractivity contribution in [3.63, 3.8) is 0 Å². The van der Waals surface area contributed by atoms with E-state index in [1.165, 1.54) is 0 Å². The Balaban J connectivity index is 1.83. The van der Waals surface area contributed by atoms with E-state index < -0.39 is 0 Å². The molecule has 0 radical (unpaired) electrons. The van der Waals surface area contributed by atoms with Crippen molar-refractivity contribution in [1.82, 2.24) is 15.3 Å². The smallest absolute Gasteiger partial charge is 0.225 e. The second-order valence-corrected chi connectivity index (χ2v) is 5.80. The van der Waals surface area contributed by atoms with Gasteiger partial charge in [0.15, 0.2) is 0 Å². The Labute approximate surface area is 115 Å². The molecule has 1 heterocycles. The fraction of sp³-hybridized carbons (Fsp3) is 0.714. The molecule has 2 rings (SSSR count). The number of nitrogens with zero attached hydrogens (tertiary/aromatic N) is 3. The molecule has 5 heteroatoms. The van der Waals surface area contributed by atoms with Crippen molar-refractivity contribution in [2.45, 2.75) is 45.4 Å². The SMILES string of the molecule is CC(C)NCc1cnc(N(C)CC2CC(O)C2)nc1. The van der Waals surface area contributed by atoms with Gasteiger partial charge in [-0.2, -0.15) is 0 Å². The summed E-state index contributed by atoms with van der Waals surface area (Å²) in [7, 11) is 2.01. The Hall–Kier alpha value is -1.20. The Morgan fingerprint density at radius 2 is 2.00 bits per heavy atom. The van der Waals surface area contributed by atoms with Crippen molar-refractivity contribution in [3.8, 4) is 0 Å². The lowest BCUT2D eigenvalue weighted by Crippen LogP contribution is -2.37. The number of rotatable bonds is 6. The average molecular weight is 264 g/mol. The van der Waals surface area contributed by atoms with Gasteiger partial charge in [-0.3, -0.25) is 0 Å². The molecular weight excluding hydrogens is 240 g/mol. The van der Waals surface area contributed by atoms with Crippen LogP contribution in [0.25, 0.3) is 0 Å². The molecule has 0 atom stereocenters. The van der Waals surface area contributed by atoms with Gasteiger partial charge in [0, 0.05) is 44.1 Å². The van der Waals surface area contributed by atoms with Crippen LogP contribution in [0.2, 0.25) is 0 Å². The fourth-order valence-corrected chi connectivity index (χ4v) is 2.28. The summed E-state index contributed by atoms with van der Waals surface area (Å²) in [6.45, 7) is 5.96. The lowest BCUT2D eigenvalue weighted by molar-refractivity contribution is 0.0463. The molecule has 1 aliphatic carbocycles. The highest BCUT2D eigenvalue weighted by molar-refractivity contribution is 5.28. The van der Waals surface area contributed by atoms with Crippen LogP contribution in [0.3, 0.4) is 0 Å². The minimum atomic E-state index is -0.0937. The van der Waals surface area contributed by atoms with Gasteiger partial charge in [0.05, 0.1) is 6.10 Å². The summed E-state index contributed by atoms with van der Waals surface area (Å²) < 4.78 is 0. The third kappa shape index (κ3) is 4.14. The first-order valence-electron chi connectivity index (χ1n) is 6.98. The summed E-state index contributed by atoms with van der Waals surface area (Å²) >= 11 is 0. The van der Waals surface area contributed by atoms with Gasteiger partial charge in [-0.1, -0.05) is 13.8 Å². The van der Waals surface area contributed by atoms with Crippen LogP contribution in [-0.2, 0) is 6.54 Å². The number of aliphatic hydroxyl groups excluding tert-OH is 1. The molecule has 1 saturated carbocycles. The molecule has 0 bridgehead atoms. The number of hydrogen-bond donors (Lipinski definition) is 2. The van der Waals surface area contributed by atoms with Gasteiger partial charge in [0.2, 0.25) is 5.95 Å². The van der Waals surface area contributed by atoms with Crippen LogP contribution in [0.5, 0.6) is 0 Å². The molecule has 1 aromatic rings. The second kappa shape index (κ2) is 6.30. The molecular formula is C14H24N4O. The molecule has 1 aromatic heterocycles. The van der Waals surface area contributed by atoms with Crippen LogP contribution in [-0.4, -0.2) is 40.8 Å². The first-order valence-corrected chi connectivity index (χ1v) is 6.98. The van der Waals surface area contributed by atoms with Crippen LogP contribution < -0.4 is 10.2 Å². The van der Waals surface area contributed by atoms with Crippen molar-refractivity contribution < 1.29 is 5.11 Å². The lowest BCUT2D eigenvalue weighted by Gasteiger charge is -2.34. The maximum Gasteiger partial charge on any atom is 0.225 e. The van der Waals surface area contributed by atoms with Crippen LogP contribution >= 0.6 is 0 Å². The Morgan fingerprint density at radius 1 is 1.37 bits per heavy atom. The molecule has 1 fully saturated rings. The third-order valence-corrected chi connectivity index (χ3v) is 3.49. The molecule has 0 aromatic carbocycles. The summed E-state index contributed by atoms with van der Waals surface area (Å²) in [5.74, 6) is 1.33. The van der Waals surface area contributed by atoms with E-state index in [1.807, 2.05) is 19.4 Å². The molecule has 0 spiro atoms. The van der Waals surface area contributed by atoms with Gasteiger partial charge in [0.1, 0.15) is 0 Å². The highest BCUT2D eigenvalue weighted by atomic mass is 16.3. The number of aliphatic hydroxyl groups is 1. The molecule has 19 heavy (non-hydrogen) atoms. The predicted molar refractivity (Wildman–Crippen MR) is 76.0 cm³/mol. The molecule has 0 amide bonds. The van der Waals surface area contributed by atoms with Crippen LogP contribution in [0.1, 0.15) is 32.3 Å². The zero-order valence-corrected chi connectivity index (χ0v) is 12.0. The number of anilines is 1. The van der Waals surface area contributed by atoms with Crippen LogP contribution in [0.15, 0.2) is 12.4 Å². The maximum atomic E-state index is 9.29. The van der Waals surface area contributed by atoms with E-state index in [2.05, 4.69) is 34.0 Å². The van der Waals surface area contributed by atoms with E-state index >= 15 is 0 Å². The zero-order valence-electron chi connectivity index (χ0n) is 12.0. The van der Waals surface area contributed by atoms with E-state index in [0.717, 1.165) is 37.4 Å². The first kappa shape index (κ1) is 14.2. The van der Waals surface area contributed by atoms with E-state index in [9.17, 15) is 5.11 Å². The summed E-state index contributed by atoms with van der Waals surface area (Å²) in [6, 6.07) is 0.465. The van der Waals surface area contributed by atoms with Crippen molar-refractivity contribution in [2.75, 3.05) is 18.5 Å². The van der Waals surface area contributed by atoms with E-state index in [1.54, 1.807) is 0 Å². The van der Waals surface area contributed by atoms with Gasteiger partial charge in [-0.05, 0) is 18.8 Å². The van der Waals surface area contributed by atoms with Crippen molar-refractivity contribution in [3.05, 3.63) is 18.0 Å². The van der Waals surface area contributed by atoms with E-state index in [-0.39, 0.29) is 6.10 Å². The van der Waals surface area contributed by atoms with E-state index in [0.29, 0.717) is 12.0 Å². The Kier molecular flexibility index (Phi) is 4.71. The van der Waals surface area contributed by atoms with Gasteiger partial charge in [-0.25, -0.2) is 9.97 Å². The Bertz CT molecular complexity index is 387. The molecule has 0 aliphatic heterocycles. The fourth-order valence-electron chi connectivity index (χ4n) is 2.28. The Morgan fingerprint density at radius 3 is 2.53 bits per heavy atom. The molecule has 0 saturated heterocycles. The molecule has 5 nitrogen and oxygen atoms in total. The third-order valence-electron chi connectivity index (χ3n) is 3.49. The van der Waals surface area contributed by atoms with Crippen LogP contribution in [0, 0.1) is 5.92 Å². The summed E-state index contributed by atoms with van der Waals surface area (Å²) in [5.41, 5.74) is 1.10. The van der Waals surface area contributed by atoms with Crippen molar-refractivity contribution >= 4 is 5.95 Å². The van der Waals surface area contributed by atoms with Gasteiger partial charge < -0.3 is 15.3 Å². The number of nitrogens with one attached hydrogen (secondary N) is 1. The van der Waals surface area contributed by atoms with Crippen LogP contribution in [0.4, 0.5) is 5.95 Å². The quantitative estimate of drug-likeness (QED) is 0.808. The van der Waals surface area contributed by atoms with E-state index in [4.69, 9.17) is 0 Å². The van der Waals surface area contributed by atoms with Crippen molar-refractivity contribution in [2.24, 2.45) is 5.92 Å². The molecule has 1 aliphatic rings. The number of hydrogen-bond acceptors (Lipinski definition) is 5. The summed E-state index contributed by atoms with van der Waals surface area (Å²) in [4.78, 5) is 10.9. The molecule has 0 unspecified atom stereocenters. The zero-order chi connectivity index (χ0) is 13.8. The van der Waals surface area contributed by atoms with Crippen molar-refractivity contribution in [1.29, 1.82) is 0 Å². The minimum absolute atomic E-state index is 0.0937. The topological polar surface area (TPSA) is 61.3 Å². The minimum Gasteiger partial charge on any atom is -0.393 e. The molecule has 106 valence electrons. The average Bonchev–Trinajstić information content (AvgIpc) is 2.35. The highest BCUT2D eigenvalue weighted by Crippen LogP contribution is 2.28. The normalized spacial score (nSPS) is 22.4. The monoisotopic (exact) mass is 264 g/mol. The summed E-state index contributed by atoms with van der Waals surface area (Å²) in [5, 5.41) is 12.6. The van der Waals surface area contributed by atoms with Gasteiger partial charge in [-0.15, -0.1) is 0 Å². The molecule has 2 N–H and O–H groups in total. The maximum absolute atomic E-state index is 9.29. The lowest BCUT2D eigenvalue weighted by atomic mass is 9.82. The second-order valence-electron chi connectivity index (χ2n) is 5.80. The van der Waals surface area contributed by atoms with Gasteiger partial charge in [0.25, 0.3) is 0 Å².